The number of hydrogen-bond acceptors (Lipinski definition) is 2. The van der Waals surface area contributed by atoms with Gasteiger partial charge in [0.2, 0.25) is 0 Å². The number of imidazole rings is 1. The van der Waals surface area contributed by atoms with E-state index in [2.05, 4.69) is 35.9 Å². The summed E-state index contributed by atoms with van der Waals surface area (Å²) in [5.74, 6) is 1.14. The van der Waals surface area contributed by atoms with Gasteiger partial charge < -0.3 is 10.1 Å². The van der Waals surface area contributed by atoms with Crippen molar-refractivity contribution in [1.29, 1.82) is 0 Å². The molecule has 0 aliphatic carbocycles. The maximum Gasteiger partial charge on any atom is 0.133 e. The summed E-state index contributed by atoms with van der Waals surface area (Å²) in [4.78, 5) is 7.31. The fraction of sp³-hybridized carbons (Fsp3) is 0.364. The number of nitrogens with zero attached hydrogens (tertiary/aromatic N) is 1. The van der Waals surface area contributed by atoms with Gasteiger partial charge in [0.15, 0.2) is 0 Å². The molecule has 0 atom stereocenters. The minimum absolute atomic E-state index is 0.0360. The molecule has 0 unspecified atom stereocenters. The van der Waals surface area contributed by atoms with Crippen molar-refractivity contribution < 1.29 is 5.11 Å². The maximum atomic E-state index is 8.92. The lowest BCUT2D eigenvalue weighted by Gasteiger charge is -2.03. The molecule has 0 spiro atoms. The first-order valence-electron chi connectivity index (χ1n) is 4.80. The Morgan fingerprint density at radius 1 is 1.43 bits per heavy atom. The Labute approximate surface area is 82.8 Å². The predicted octanol–water partition coefficient (Wildman–Crippen LogP) is 2.18. The van der Waals surface area contributed by atoms with Gasteiger partial charge in [0, 0.05) is 0 Å². The molecule has 0 saturated heterocycles. The van der Waals surface area contributed by atoms with Crippen molar-refractivity contribution in [2.75, 3.05) is 0 Å². The van der Waals surface area contributed by atoms with Gasteiger partial charge in [0.25, 0.3) is 0 Å². The Hall–Kier alpha value is -1.35. The van der Waals surface area contributed by atoms with E-state index in [0.29, 0.717) is 11.7 Å². The summed E-state index contributed by atoms with van der Waals surface area (Å²) >= 11 is 0. The zero-order chi connectivity index (χ0) is 10.1. The van der Waals surface area contributed by atoms with Gasteiger partial charge in [0.1, 0.15) is 12.4 Å². The van der Waals surface area contributed by atoms with Crippen LogP contribution in [0.15, 0.2) is 18.2 Å². The summed E-state index contributed by atoms with van der Waals surface area (Å²) in [6.45, 7) is 4.28. The van der Waals surface area contributed by atoms with Gasteiger partial charge >= 0.3 is 0 Å². The smallest absolute Gasteiger partial charge is 0.133 e. The number of aromatic amines is 1. The lowest BCUT2D eigenvalue weighted by Crippen LogP contribution is -1.85. The first-order valence-corrected chi connectivity index (χ1v) is 4.80. The van der Waals surface area contributed by atoms with E-state index in [9.17, 15) is 0 Å². The molecule has 0 amide bonds. The fourth-order valence-electron chi connectivity index (χ4n) is 1.51. The molecule has 1 aromatic heterocycles. The summed E-state index contributed by atoms with van der Waals surface area (Å²) in [6, 6.07) is 6.15. The topological polar surface area (TPSA) is 48.9 Å². The van der Waals surface area contributed by atoms with Crippen LogP contribution >= 0.6 is 0 Å². The highest BCUT2D eigenvalue weighted by atomic mass is 16.3. The molecule has 1 aromatic carbocycles. The second kappa shape index (κ2) is 3.42. The third-order valence-electron chi connectivity index (χ3n) is 2.37. The minimum atomic E-state index is -0.0360. The number of aliphatic hydroxyl groups is 1. The number of aliphatic hydroxyl groups excluding tert-OH is 1. The quantitative estimate of drug-likeness (QED) is 0.762. The standard InChI is InChI=1S/C11H14N2O/c1-7(2)8-3-4-9-10(5-8)13-11(6-14)12-9/h3-5,7,14H,6H2,1-2H3,(H,12,13). The molecular formula is C11H14N2O. The SMILES string of the molecule is CC(C)c1ccc2nc(CO)[nH]c2c1. The van der Waals surface area contributed by atoms with Gasteiger partial charge in [-0.2, -0.15) is 0 Å². The number of nitrogens with one attached hydrogen (secondary N) is 1. The largest absolute Gasteiger partial charge is 0.388 e. The number of rotatable bonds is 2. The number of fused-ring (bicyclic) bond motifs is 1. The molecular weight excluding hydrogens is 176 g/mol. The van der Waals surface area contributed by atoms with Crippen molar-refractivity contribution in [3.8, 4) is 0 Å². The van der Waals surface area contributed by atoms with E-state index in [1.807, 2.05) is 6.07 Å². The lowest BCUT2D eigenvalue weighted by molar-refractivity contribution is 0.273. The van der Waals surface area contributed by atoms with Crippen LogP contribution in [0.2, 0.25) is 0 Å². The van der Waals surface area contributed by atoms with Crippen LogP contribution in [0.25, 0.3) is 11.0 Å². The van der Waals surface area contributed by atoms with Crippen LogP contribution in [0.1, 0.15) is 31.2 Å². The Kier molecular flexibility index (Phi) is 2.25. The monoisotopic (exact) mass is 190 g/mol. The molecule has 1 heterocycles. The molecule has 0 radical (unpaired) electrons. The molecule has 2 N–H and O–H groups in total. The molecule has 0 saturated carbocycles. The Morgan fingerprint density at radius 3 is 2.86 bits per heavy atom. The van der Waals surface area contributed by atoms with Crippen LogP contribution in [-0.2, 0) is 6.61 Å². The van der Waals surface area contributed by atoms with Crippen molar-refractivity contribution in [3.63, 3.8) is 0 Å². The van der Waals surface area contributed by atoms with Gasteiger partial charge in [-0.05, 0) is 23.6 Å². The molecule has 0 fully saturated rings. The minimum Gasteiger partial charge on any atom is -0.388 e. The van der Waals surface area contributed by atoms with E-state index in [1.54, 1.807) is 0 Å². The van der Waals surface area contributed by atoms with Gasteiger partial charge in [-0.3, -0.25) is 0 Å². The van der Waals surface area contributed by atoms with Crippen molar-refractivity contribution in [2.24, 2.45) is 0 Å². The highest BCUT2D eigenvalue weighted by molar-refractivity contribution is 5.76. The van der Waals surface area contributed by atoms with Crippen LogP contribution in [0, 0.1) is 0 Å². The molecule has 14 heavy (non-hydrogen) atoms. The van der Waals surface area contributed by atoms with Crippen LogP contribution in [-0.4, -0.2) is 15.1 Å². The van der Waals surface area contributed by atoms with E-state index in [1.165, 1.54) is 5.56 Å². The van der Waals surface area contributed by atoms with Crippen LogP contribution in [0.5, 0.6) is 0 Å². The van der Waals surface area contributed by atoms with E-state index >= 15 is 0 Å². The third-order valence-corrected chi connectivity index (χ3v) is 2.37. The molecule has 3 nitrogen and oxygen atoms in total. The highest BCUT2D eigenvalue weighted by Gasteiger charge is 2.04. The van der Waals surface area contributed by atoms with Gasteiger partial charge in [0.05, 0.1) is 11.0 Å². The van der Waals surface area contributed by atoms with Crippen molar-refractivity contribution in [1.82, 2.24) is 9.97 Å². The average Bonchev–Trinajstić information content (AvgIpc) is 2.58. The fourth-order valence-corrected chi connectivity index (χ4v) is 1.51. The summed E-state index contributed by atoms with van der Waals surface area (Å²) in [6.07, 6.45) is 0. The number of hydrogen-bond donors (Lipinski definition) is 2. The summed E-state index contributed by atoms with van der Waals surface area (Å²) < 4.78 is 0. The molecule has 2 aromatic rings. The lowest BCUT2D eigenvalue weighted by atomic mass is 10.0. The number of benzene rings is 1. The molecule has 0 aliphatic heterocycles. The predicted molar refractivity (Wildman–Crippen MR) is 56.1 cm³/mol. The third kappa shape index (κ3) is 1.51. The summed E-state index contributed by atoms with van der Waals surface area (Å²) in [5, 5.41) is 8.92. The Bertz CT molecular complexity index is 445. The van der Waals surface area contributed by atoms with E-state index in [-0.39, 0.29) is 6.61 Å². The average molecular weight is 190 g/mol. The zero-order valence-electron chi connectivity index (χ0n) is 8.41. The first-order chi connectivity index (χ1) is 6.70. The Balaban J connectivity index is 2.54. The molecule has 74 valence electrons. The number of H-pyrrole nitrogens is 1. The number of aromatic nitrogens is 2. The van der Waals surface area contributed by atoms with Crippen molar-refractivity contribution in [3.05, 3.63) is 29.6 Å². The van der Waals surface area contributed by atoms with Gasteiger partial charge in [-0.1, -0.05) is 19.9 Å². The van der Waals surface area contributed by atoms with Crippen LogP contribution in [0.4, 0.5) is 0 Å². The van der Waals surface area contributed by atoms with Gasteiger partial charge in [-0.15, -0.1) is 0 Å². The zero-order valence-corrected chi connectivity index (χ0v) is 8.41. The molecule has 3 heteroatoms. The van der Waals surface area contributed by atoms with Crippen molar-refractivity contribution >= 4 is 11.0 Å². The Morgan fingerprint density at radius 2 is 2.21 bits per heavy atom. The summed E-state index contributed by atoms with van der Waals surface area (Å²) in [7, 11) is 0. The second-order valence-corrected chi connectivity index (χ2v) is 3.77. The summed E-state index contributed by atoms with van der Waals surface area (Å²) in [5.41, 5.74) is 3.20. The van der Waals surface area contributed by atoms with Crippen LogP contribution in [0.3, 0.4) is 0 Å². The van der Waals surface area contributed by atoms with E-state index in [0.717, 1.165) is 11.0 Å². The molecule has 0 aliphatic rings. The molecule has 2 rings (SSSR count). The normalized spacial score (nSPS) is 11.4. The van der Waals surface area contributed by atoms with Crippen LogP contribution < -0.4 is 0 Å². The van der Waals surface area contributed by atoms with E-state index in [4.69, 9.17) is 5.11 Å². The van der Waals surface area contributed by atoms with Crippen molar-refractivity contribution in [2.45, 2.75) is 26.4 Å². The highest BCUT2D eigenvalue weighted by Crippen LogP contribution is 2.19. The van der Waals surface area contributed by atoms with E-state index < -0.39 is 0 Å². The first kappa shape index (κ1) is 9.21. The second-order valence-electron chi connectivity index (χ2n) is 3.77. The maximum absolute atomic E-state index is 8.92. The molecule has 0 bridgehead atoms. The van der Waals surface area contributed by atoms with Gasteiger partial charge in [-0.25, -0.2) is 4.98 Å².